The van der Waals surface area contributed by atoms with Crippen LogP contribution in [0, 0.1) is 24.0 Å². The third kappa shape index (κ3) is 5.23. The van der Waals surface area contributed by atoms with Crippen molar-refractivity contribution in [2.75, 3.05) is 10.1 Å². The van der Waals surface area contributed by atoms with Crippen LogP contribution < -0.4 is 10.1 Å². The highest BCUT2D eigenvalue weighted by molar-refractivity contribution is 7.92. The number of sulfonamides is 1. The lowest BCUT2D eigenvalue weighted by Gasteiger charge is -2.12. The summed E-state index contributed by atoms with van der Waals surface area (Å²) in [4.78, 5) is 14.6. The van der Waals surface area contributed by atoms with Gasteiger partial charge in [-0.25, -0.2) is 8.42 Å². The Bertz CT molecular complexity index is 1260. The number of nitrogens with one attached hydrogen (secondary N) is 2. The largest absolute Gasteiger partial charge is 0.295 e. The predicted octanol–water partition coefficient (Wildman–Crippen LogP) is 4.24. The summed E-state index contributed by atoms with van der Waals surface area (Å²) in [6.45, 7) is 5.42. The van der Waals surface area contributed by atoms with E-state index in [1.165, 1.54) is 12.1 Å². The highest BCUT2D eigenvalue weighted by Crippen LogP contribution is 2.29. The Morgan fingerprint density at radius 2 is 1.71 bits per heavy atom. The second kappa shape index (κ2) is 8.92. The maximum absolute atomic E-state index is 12.8. The Hall–Kier alpha value is -3.79. The van der Waals surface area contributed by atoms with E-state index < -0.39 is 20.6 Å². The normalized spacial score (nSPS) is 11.8. The van der Waals surface area contributed by atoms with Crippen molar-refractivity contribution in [3.63, 3.8) is 0 Å². The zero-order valence-electron chi connectivity index (χ0n) is 17.2. The average molecular weight is 439 g/mol. The van der Waals surface area contributed by atoms with E-state index in [0.717, 1.165) is 22.8 Å². The van der Waals surface area contributed by atoms with E-state index in [9.17, 15) is 18.5 Å². The van der Waals surface area contributed by atoms with Gasteiger partial charge in [0.1, 0.15) is 5.69 Å². The van der Waals surface area contributed by atoms with E-state index in [1.54, 1.807) is 50.5 Å². The number of nitro groups is 1. The molecule has 0 aliphatic rings. The number of anilines is 2. The van der Waals surface area contributed by atoms with Crippen molar-refractivity contribution in [3.05, 3.63) is 87.7 Å². The molecule has 0 radical (unpaired) electrons. The number of hydrazone groups is 1. The van der Waals surface area contributed by atoms with Gasteiger partial charge in [-0.2, -0.15) is 5.10 Å². The van der Waals surface area contributed by atoms with Gasteiger partial charge < -0.3 is 0 Å². The smallest absolute Gasteiger partial charge is 0.279 e. The van der Waals surface area contributed by atoms with Crippen LogP contribution in [-0.4, -0.2) is 24.0 Å². The second-order valence-corrected chi connectivity index (χ2v) is 8.59. The fourth-order valence-electron chi connectivity index (χ4n) is 2.86. The van der Waals surface area contributed by atoms with Crippen LogP contribution in [0.2, 0.25) is 0 Å². The molecule has 3 rings (SSSR count). The lowest BCUT2D eigenvalue weighted by atomic mass is 10.1. The van der Waals surface area contributed by atoms with Crippen LogP contribution in [0.1, 0.15) is 23.6 Å². The van der Waals surface area contributed by atoms with Crippen molar-refractivity contribution in [2.24, 2.45) is 5.10 Å². The van der Waals surface area contributed by atoms with Gasteiger partial charge in [0.2, 0.25) is 0 Å². The number of nitrogens with zero attached hydrogens (tertiary/aromatic N) is 3. The molecule has 0 saturated heterocycles. The molecule has 9 nitrogen and oxygen atoms in total. The number of aryl methyl sites for hydroxylation is 2. The van der Waals surface area contributed by atoms with Gasteiger partial charge in [0, 0.05) is 24.0 Å². The number of hydrogen-bond donors (Lipinski definition) is 2. The van der Waals surface area contributed by atoms with Crippen molar-refractivity contribution in [2.45, 2.75) is 25.7 Å². The molecule has 10 heteroatoms. The van der Waals surface area contributed by atoms with Crippen LogP contribution in [0.25, 0.3) is 0 Å². The van der Waals surface area contributed by atoms with Crippen molar-refractivity contribution in [3.8, 4) is 0 Å². The Kier molecular flexibility index (Phi) is 6.30. The first kappa shape index (κ1) is 21.9. The molecule has 31 heavy (non-hydrogen) atoms. The molecule has 160 valence electrons. The summed E-state index contributed by atoms with van der Waals surface area (Å²) in [5.41, 5.74) is 5.85. The number of benzene rings is 2. The van der Waals surface area contributed by atoms with Crippen molar-refractivity contribution < 1.29 is 13.3 Å². The molecule has 0 amide bonds. The lowest BCUT2D eigenvalue weighted by Crippen LogP contribution is -2.14. The molecular weight excluding hydrogens is 418 g/mol. The standard InChI is InChI=1S/C21H21N5O4S/c1-14-4-6-19(15(2)12-14)25-31(29,30)18-5-7-20(21(13-18)26(27)28)24-23-16(3)17-8-10-22-11-9-17/h4-13,24-25H,1-3H3. The van der Waals surface area contributed by atoms with Crippen LogP contribution in [0.15, 0.2) is 70.9 Å². The van der Waals surface area contributed by atoms with E-state index >= 15 is 0 Å². The summed E-state index contributed by atoms with van der Waals surface area (Å²) < 4.78 is 28.1. The van der Waals surface area contributed by atoms with Gasteiger partial charge in [-0.05, 0) is 56.7 Å². The van der Waals surface area contributed by atoms with Crippen LogP contribution in [0.5, 0.6) is 0 Å². The van der Waals surface area contributed by atoms with E-state index in [1.807, 2.05) is 13.0 Å². The predicted molar refractivity (Wildman–Crippen MR) is 120 cm³/mol. The van der Waals surface area contributed by atoms with Gasteiger partial charge in [0.15, 0.2) is 0 Å². The van der Waals surface area contributed by atoms with Gasteiger partial charge in [-0.15, -0.1) is 0 Å². The molecule has 0 unspecified atom stereocenters. The van der Waals surface area contributed by atoms with Gasteiger partial charge in [-0.1, -0.05) is 17.7 Å². The minimum absolute atomic E-state index is 0.0730. The molecule has 0 saturated carbocycles. The Morgan fingerprint density at radius 3 is 2.35 bits per heavy atom. The fourth-order valence-corrected chi connectivity index (χ4v) is 4.01. The molecule has 2 aromatic carbocycles. The SMILES string of the molecule is CC(=NNc1ccc(S(=O)(=O)Nc2ccc(C)cc2C)cc1[N+](=O)[O-])c1ccncc1. The molecule has 0 aliphatic heterocycles. The Balaban J connectivity index is 1.90. The summed E-state index contributed by atoms with van der Waals surface area (Å²) in [7, 11) is -4.02. The quantitative estimate of drug-likeness (QED) is 0.322. The average Bonchev–Trinajstić information content (AvgIpc) is 2.74. The second-order valence-electron chi connectivity index (χ2n) is 6.90. The van der Waals surface area contributed by atoms with E-state index in [2.05, 4.69) is 20.2 Å². The third-order valence-corrected chi connectivity index (χ3v) is 5.91. The third-order valence-electron chi connectivity index (χ3n) is 4.54. The summed E-state index contributed by atoms with van der Waals surface area (Å²) in [6.07, 6.45) is 3.22. The zero-order valence-corrected chi connectivity index (χ0v) is 18.0. The number of nitro benzene ring substituents is 1. The highest BCUT2D eigenvalue weighted by atomic mass is 32.2. The van der Waals surface area contributed by atoms with Crippen LogP contribution in [0.4, 0.5) is 17.1 Å². The van der Waals surface area contributed by atoms with Gasteiger partial charge in [-0.3, -0.25) is 25.2 Å². The molecule has 0 aliphatic carbocycles. The monoisotopic (exact) mass is 439 g/mol. The highest BCUT2D eigenvalue weighted by Gasteiger charge is 2.22. The fraction of sp³-hybridized carbons (Fsp3) is 0.143. The maximum atomic E-state index is 12.8. The molecule has 0 atom stereocenters. The minimum Gasteiger partial charge on any atom is -0.279 e. The minimum atomic E-state index is -4.02. The number of rotatable bonds is 7. The lowest BCUT2D eigenvalue weighted by molar-refractivity contribution is -0.384. The number of pyridine rings is 1. The number of hydrogen-bond acceptors (Lipinski definition) is 7. The molecule has 0 spiro atoms. The molecule has 1 aromatic heterocycles. The van der Waals surface area contributed by atoms with Gasteiger partial charge in [0.05, 0.1) is 21.2 Å². The van der Waals surface area contributed by atoms with Crippen molar-refractivity contribution in [1.82, 2.24) is 4.98 Å². The topological polar surface area (TPSA) is 127 Å². The molecule has 2 N–H and O–H groups in total. The summed E-state index contributed by atoms with van der Waals surface area (Å²) in [5.74, 6) is 0. The molecule has 0 fully saturated rings. The first-order chi connectivity index (χ1) is 14.7. The molecule has 0 bridgehead atoms. The van der Waals surface area contributed by atoms with Crippen LogP contribution in [-0.2, 0) is 10.0 Å². The molecular formula is C21H21N5O4S. The number of aromatic nitrogens is 1. The van der Waals surface area contributed by atoms with Gasteiger partial charge in [0.25, 0.3) is 15.7 Å². The van der Waals surface area contributed by atoms with Crippen molar-refractivity contribution >= 4 is 32.8 Å². The van der Waals surface area contributed by atoms with Crippen LogP contribution >= 0.6 is 0 Å². The molecule has 1 heterocycles. The molecule has 3 aromatic rings. The first-order valence-electron chi connectivity index (χ1n) is 9.26. The Morgan fingerprint density at radius 1 is 1.03 bits per heavy atom. The van der Waals surface area contributed by atoms with E-state index in [-0.39, 0.29) is 10.6 Å². The maximum Gasteiger partial charge on any atom is 0.295 e. The summed E-state index contributed by atoms with van der Waals surface area (Å²) in [6, 6.07) is 12.4. The zero-order chi connectivity index (χ0) is 22.6. The van der Waals surface area contributed by atoms with Gasteiger partial charge >= 0.3 is 0 Å². The Labute approximate surface area is 180 Å². The van der Waals surface area contributed by atoms with E-state index in [0.29, 0.717) is 11.4 Å². The van der Waals surface area contributed by atoms with Crippen molar-refractivity contribution in [1.29, 1.82) is 0 Å². The van der Waals surface area contributed by atoms with E-state index in [4.69, 9.17) is 0 Å². The summed E-state index contributed by atoms with van der Waals surface area (Å²) >= 11 is 0. The van der Waals surface area contributed by atoms with Crippen LogP contribution in [0.3, 0.4) is 0 Å². The first-order valence-corrected chi connectivity index (χ1v) is 10.7. The summed E-state index contributed by atoms with van der Waals surface area (Å²) in [5, 5.41) is 15.7.